The van der Waals surface area contributed by atoms with Crippen LogP contribution in [0.15, 0.2) is 40.9 Å². The Labute approximate surface area is 187 Å². The molecule has 0 saturated carbocycles. The fourth-order valence-electron chi connectivity index (χ4n) is 4.92. The van der Waals surface area contributed by atoms with Crippen LogP contribution >= 0.6 is 27.5 Å². The third-order valence-electron chi connectivity index (χ3n) is 6.45. The van der Waals surface area contributed by atoms with Gasteiger partial charge in [-0.1, -0.05) is 33.6 Å². The van der Waals surface area contributed by atoms with E-state index in [1.54, 1.807) is 23.1 Å². The van der Waals surface area contributed by atoms with Crippen LogP contribution < -0.4 is 10.2 Å². The molecule has 1 saturated heterocycles. The van der Waals surface area contributed by atoms with Gasteiger partial charge in [-0.25, -0.2) is 0 Å². The van der Waals surface area contributed by atoms with E-state index in [2.05, 4.69) is 21.2 Å². The number of anilines is 2. The van der Waals surface area contributed by atoms with Gasteiger partial charge in [0.15, 0.2) is 5.60 Å². The zero-order valence-electron chi connectivity index (χ0n) is 16.1. The first-order chi connectivity index (χ1) is 14.3. The second kappa shape index (κ2) is 7.05. The van der Waals surface area contributed by atoms with Crippen molar-refractivity contribution in [1.29, 1.82) is 0 Å². The van der Waals surface area contributed by atoms with Crippen LogP contribution in [0.5, 0.6) is 0 Å². The van der Waals surface area contributed by atoms with Crippen molar-refractivity contribution in [2.45, 2.75) is 30.3 Å². The van der Waals surface area contributed by atoms with Crippen molar-refractivity contribution in [1.82, 2.24) is 0 Å². The number of halogens is 2. The number of hydrogen-bond donors (Lipinski definition) is 2. The van der Waals surface area contributed by atoms with Crippen molar-refractivity contribution in [3.05, 3.63) is 57.0 Å². The lowest BCUT2D eigenvalue weighted by molar-refractivity contribution is -0.143. The van der Waals surface area contributed by atoms with Crippen LogP contribution in [0, 0.1) is 0 Å². The predicted octanol–water partition coefficient (Wildman–Crippen LogP) is 3.73. The second-order valence-electron chi connectivity index (χ2n) is 8.22. The van der Waals surface area contributed by atoms with Gasteiger partial charge >= 0.3 is 0 Å². The molecule has 2 aromatic carbocycles. The zero-order valence-corrected chi connectivity index (χ0v) is 18.4. The van der Waals surface area contributed by atoms with Crippen molar-refractivity contribution in [3.63, 3.8) is 0 Å². The molecular formula is C22H20BrClN2O4. The summed E-state index contributed by atoms with van der Waals surface area (Å²) in [5.74, 6) is -0.918. The molecule has 2 aromatic rings. The van der Waals surface area contributed by atoms with Gasteiger partial charge in [-0.05, 0) is 48.7 Å². The maximum atomic E-state index is 13.8. The molecule has 0 aliphatic carbocycles. The molecule has 0 aromatic heterocycles. The van der Waals surface area contributed by atoms with Crippen LogP contribution in [-0.4, -0.2) is 36.7 Å². The monoisotopic (exact) mass is 490 g/mol. The number of hydrogen-bond acceptors (Lipinski definition) is 4. The number of benzene rings is 2. The third-order valence-corrected chi connectivity index (χ3v) is 7.18. The number of carbonyl (C=O) groups is 2. The Morgan fingerprint density at radius 2 is 1.93 bits per heavy atom. The molecule has 1 fully saturated rings. The van der Waals surface area contributed by atoms with Crippen molar-refractivity contribution in [2.75, 3.05) is 30.0 Å². The number of ether oxygens (including phenoxy) is 1. The van der Waals surface area contributed by atoms with Crippen LogP contribution in [-0.2, 0) is 25.3 Å². The minimum Gasteiger partial charge on any atom is -0.381 e. The standard InChI is InChI=1S/C22H20BrClN2O4/c23-13-1-3-15-18(9-13)26(12-21(15)5-7-30-8-6-21)20(28)22(29)11-19(27)25-17-4-2-14(24)10-16(17)22/h1-4,9-10,29H,5-8,11-12H2,(H,25,27). The molecule has 2 N–H and O–H groups in total. The molecule has 3 heterocycles. The van der Waals surface area contributed by atoms with Crippen molar-refractivity contribution in [2.24, 2.45) is 0 Å². The minimum absolute atomic E-state index is 0.214. The lowest BCUT2D eigenvalue weighted by Crippen LogP contribution is -2.52. The fourth-order valence-corrected chi connectivity index (χ4v) is 5.45. The molecule has 0 radical (unpaired) electrons. The Bertz CT molecular complexity index is 1070. The van der Waals surface area contributed by atoms with E-state index in [4.69, 9.17) is 16.3 Å². The van der Waals surface area contributed by atoms with Gasteiger partial charge in [0.25, 0.3) is 5.91 Å². The summed E-state index contributed by atoms with van der Waals surface area (Å²) in [5, 5.41) is 14.7. The first kappa shape index (κ1) is 20.0. The van der Waals surface area contributed by atoms with Gasteiger partial charge in [0.05, 0.1) is 6.42 Å². The Kier molecular flexibility index (Phi) is 4.70. The predicted molar refractivity (Wildman–Crippen MR) is 117 cm³/mol. The molecule has 3 aliphatic rings. The van der Waals surface area contributed by atoms with Crippen LogP contribution in [0.3, 0.4) is 0 Å². The molecule has 1 spiro atoms. The van der Waals surface area contributed by atoms with Crippen molar-refractivity contribution in [3.8, 4) is 0 Å². The molecule has 8 heteroatoms. The highest BCUT2D eigenvalue weighted by molar-refractivity contribution is 9.10. The molecule has 1 unspecified atom stereocenters. The fraction of sp³-hybridized carbons (Fsp3) is 0.364. The summed E-state index contributed by atoms with van der Waals surface area (Å²) in [6.07, 6.45) is 1.24. The van der Waals surface area contributed by atoms with Crippen LogP contribution in [0.25, 0.3) is 0 Å². The SMILES string of the molecule is O=C1CC(O)(C(=O)N2CC3(CCOCC3)c3ccc(Br)cc32)c2cc(Cl)ccc2N1. The average molecular weight is 492 g/mol. The van der Waals surface area contributed by atoms with E-state index < -0.39 is 17.4 Å². The van der Waals surface area contributed by atoms with Crippen LogP contribution in [0.4, 0.5) is 11.4 Å². The number of nitrogens with one attached hydrogen (secondary N) is 1. The number of amides is 2. The number of nitrogens with zero attached hydrogens (tertiary/aromatic N) is 1. The highest BCUT2D eigenvalue weighted by Gasteiger charge is 2.53. The van der Waals surface area contributed by atoms with Gasteiger partial charge in [0, 0.05) is 51.6 Å². The summed E-state index contributed by atoms with van der Waals surface area (Å²) in [6.45, 7) is 1.70. The Morgan fingerprint density at radius 3 is 2.70 bits per heavy atom. The lowest BCUT2D eigenvalue weighted by atomic mass is 9.76. The van der Waals surface area contributed by atoms with Crippen LogP contribution in [0.1, 0.15) is 30.4 Å². The van der Waals surface area contributed by atoms with Gasteiger partial charge < -0.3 is 20.1 Å². The topological polar surface area (TPSA) is 78.9 Å². The highest BCUT2D eigenvalue weighted by Crippen LogP contribution is 2.49. The van der Waals surface area contributed by atoms with E-state index in [0.717, 1.165) is 28.6 Å². The van der Waals surface area contributed by atoms with Crippen LogP contribution in [0.2, 0.25) is 5.02 Å². The summed E-state index contributed by atoms with van der Waals surface area (Å²) in [4.78, 5) is 27.8. The third kappa shape index (κ3) is 2.99. The molecule has 6 nitrogen and oxygen atoms in total. The summed E-state index contributed by atoms with van der Waals surface area (Å²) >= 11 is 9.66. The summed E-state index contributed by atoms with van der Waals surface area (Å²) in [5.41, 5.74) is 0.370. The molecule has 3 aliphatic heterocycles. The van der Waals surface area contributed by atoms with E-state index in [9.17, 15) is 14.7 Å². The molecule has 156 valence electrons. The molecule has 0 bridgehead atoms. The Balaban J connectivity index is 1.62. The van der Waals surface area contributed by atoms with E-state index in [0.29, 0.717) is 36.0 Å². The van der Waals surface area contributed by atoms with Gasteiger partial charge in [0.1, 0.15) is 0 Å². The van der Waals surface area contributed by atoms with E-state index >= 15 is 0 Å². The highest BCUT2D eigenvalue weighted by atomic mass is 79.9. The van der Waals surface area contributed by atoms with Crippen molar-refractivity contribution >= 4 is 50.7 Å². The summed E-state index contributed by atoms with van der Waals surface area (Å²) < 4.78 is 6.42. The maximum Gasteiger partial charge on any atom is 0.264 e. The normalized spacial score (nSPS) is 24.4. The number of fused-ring (bicyclic) bond motifs is 3. The smallest absolute Gasteiger partial charge is 0.264 e. The molecule has 30 heavy (non-hydrogen) atoms. The summed E-state index contributed by atoms with van der Waals surface area (Å²) in [7, 11) is 0. The largest absolute Gasteiger partial charge is 0.381 e. The number of aliphatic hydroxyl groups is 1. The first-order valence-electron chi connectivity index (χ1n) is 9.84. The molecule has 2 amide bonds. The van der Waals surface area contributed by atoms with Gasteiger partial charge in [-0.15, -0.1) is 0 Å². The van der Waals surface area contributed by atoms with Crippen molar-refractivity contribution < 1.29 is 19.4 Å². The van der Waals surface area contributed by atoms with E-state index in [-0.39, 0.29) is 11.8 Å². The Morgan fingerprint density at radius 1 is 1.17 bits per heavy atom. The van der Waals surface area contributed by atoms with Gasteiger partial charge in [0.2, 0.25) is 5.91 Å². The quantitative estimate of drug-likeness (QED) is 0.637. The van der Waals surface area contributed by atoms with E-state index in [1.165, 1.54) is 0 Å². The van der Waals surface area contributed by atoms with E-state index in [1.807, 2.05) is 18.2 Å². The summed E-state index contributed by atoms with van der Waals surface area (Å²) in [6, 6.07) is 10.7. The molecule has 1 atom stereocenters. The van der Waals surface area contributed by atoms with Gasteiger partial charge in [-0.3, -0.25) is 9.59 Å². The molecular weight excluding hydrogens is 472 g/mol. The number of rotatable bonds is 1. The molecule has 5 rings (SSSR count). The minimum atomic E-state index is -1.99. The zero-order chi connectivity index (χ0) is 21.1. The second-order valence-corrected chi connectivity index (χ2v) is 9.57. The first-order valence-corrected chi connectivity index (χ1v) is 11.0. The number of carbonyl (C=O) groups excluding carboxylic acids is 2. The maximum absolute atomic E-state index is 13.8. The lowest BCUT2D eigenvalue weighted by Gasteiger charge is -2.37. The average Bonchev–Trinajstić information content (AvgIpc) is 3.01. The Hall–Kier alpha value is -1.93. The van der Waals surface area contributed by atoms with Gasteiger partial charge in [-0.2, -0.15) is 0 Å².